The number of rotatable bonds is 11. The van der Waals surface area contributed by atoms with Gasteiger partial charge in [-0.15, -0.1) is 0 Å². The van der Waals surface area contributed by atoms with Crippen molar-refractivity contribution in [1.29, 1.82) is 0 Å². The van der Waals surface area contributed by atoms with Gasteiger partial charge in [-0.05, 0) is 48.6 Å². The van der Waals surface area contributed by atoms with Gasteiger partial charge in [0.15, 0.2) is 6.29 Å². The molecule has 0 fully saturated rings. The minimum atomic E-state index is -1.66. The van der Waals surface area contributed by atoms with Gasteiger partial charge in [-0.1, -0.05) is 38.1 Å². The van der Waals surface area contributed by atoms with Gasteiger partial charge in [-0.2, -0.15) is 0 Å². The Balaban J connectivity index is 2.05. The Morgan fingerprint density at radius 3 is 2.23 bits per heavy atom. The second-order valence-corrected chi connectivity index (χ2v) is 7.76. The number of carboxylic acids is 1. The molecular formula is C23H30N2O6. The van der Waals surface area contributed by atoms with E-state index in [0.717, 1.165) is 5.56 Å². The molecule has 0 heterocycles. The highest BCUT2D eigenvalue weighted by molar-refractivity contribution is 6.06. The van der Waals surface area contributed by atoms with Crippen LogP contribution in [-0.4, -0.2) is 52.7 Å². The van der Waals surface area contributed by atoms with E-state index in [9.17, 15) is 24.9 Å². The van der Waals surface area contributed by atoms with Gasteiger partial charge >= 0.3 is 5.97 Å². The summed E-state index contributed by atoms with van der Waals surface area (Å²) in [4.78, 5) is 24.2. The van der Waals surface area contributed by atoms with Crippen LogP contribution in [0, 0.1) is 5.92 Å². The molecule has 2 aromatic carbocycles. The number of carboxylic acid groups (broad SMARTS) is 1. The fraction of sp³-hybridized carbons (Fsp3) is 0.391. The van der Waals surface area contributed by atoms with Crippen molar-refractivity contribution in [1.82, 2.24) is 5.32 Å². The van der Waals surface area contributed by atoms with Crippen molar-refractivity contribution in [3.63, 3.8) is 0 Å². The number of anilines is 1. The molecule has 0 unspecified atom stereocenters. The van der Waals surface area contributed by atoms with Crippen LogP contribution < -0.4 is 15.4 Å². The second kappa shape index (κ2) is 11.5. The van der Waals surface area contributed by atoms with Crippen molar-refractivity contribution < 1.29 is 29.6 Å². The number of para-hydroxylation sites is 1. The van der Waals surface area contributed by atoms with Crippen LogP contribution in [0.25, 0.3) is 0 Å². The summed E-state index contributed by atoms with van der Waals surface area (Å²) in [5, 5.41) is 34.3. The molecule has 0 aromatic heterocycles. The van der Waals surface area contributed by atoms with Crippen LogP contribution in [0.2, 0.25) is 0 Å². The Hall–Kier alpha value is -2.94. The third kappa shape index (κ3) is 7.36. The SMILES string of the molecule is COc1ccccc1C(=O)Nc1ccc(C[C@H](N[C@@H](CC(C)C)C(O)O)C(=O)O)cc1. The van der Waals surface area contributed by atoms with Crippen molar-refractivity contribution in [3.8, 4) is 5.75 Å². The lowest BCUT2D eigenvalue weighted by molar-refractivity contribution is -0.141. The number of carbonyl (C=O) groups is 2. The first-order chi connectivity index (χ1) is 14.7. The molecule has 8 heteroatoms. The van der Waals surface area contributed by atoms with Gasteiger partial charge < -0.3 is 25.4 Å². The van der Waals surface area contributed by atoms with Gasteiger partial charge in [0.2, 0.25) is 0 Å². The lowest BCUT2D eigenvalue weighted by Crippen LogP contribution is -2.50. The smallest absolute Gasteiger partial charge is 0.321 e. The van der Waals surface area contributed by atoms with E-state index in [1.165, 1.54) is 7.11 Å². The first kappa shape index (κ1) is 24.3. The number of benzene rings is 2. The topological polar surface area (TPSA) is 128 Å². The van der Waals surface area contributed by atoms with Crippen molar-refractivity contribution in [3.05, 3.63) is 59.7 Å². The van der Waals surface area contributed by atoms with Crippen molar-refractivity contribution in [2.24, 2.45) is 5.92 Å². The fourth-order valence-corrected chi connectivity index (χ4v) is 3.25. The molecule has 5 N–H and O–H groups in total. The summed E-state index contributed by atoms with van der Waals surface area (Å²) in [6.45, 7) is 3.84. The molecule has 2 atom stereocenters. The van der Waals surface area contributed by atoms with Crippen LogP contribution in [0.1, 0.15) is 36.2 Å². The van der Waals surface area contributed by atoms with Crippen molar-refractivity contribution in [2.45, 2.75) is 45.1 Å². The average Bonchev–Trinajstić information content (AvgIpc) is 2.73. The summed E-state index contributed by atoms with van der Waals surface area (Å²) >= 11 is 0. The van der Waals surface area contributed by atoms with Gasteiger partial charge in [0, 0.05) is 5.69 Å². The summed E-state index contributed by atoms with van der Waals surface area (Å²) in [6, 6.07) is 12.0. The molecule has 0 aliphatic heterocycles. The predicted molar refractivity (Wildman–Crippen MR) is 117 cm³/mol. The van der Waals surface area contributed by atoms with E-state index in [0.29, 0.717) is 23.4 Å². The quantitative estimate of drug-likeness (QED) is 0.346. The van der Waals surface area contributed by atoms with Crippen LogP contribution in [0.3, 0.4) is 0 Å². The molecule has 8 nitrogen and oxygen atoms in total. The van der Waals surface area contributed by atoms with Gasteiger partial charge in [0.25, 0.3) is 5.91 Å². The maximum absolute atomic E-state index is 12.5. The van der Waals surface area contributed by atoms with E-state index in [4.69, 9.17) is 4.74 Å². The van der Waals surface area contributed by atoms with Crippen LogP contribution in [0.5, 0.6) is 5.75 Å². The molecule has 0 saturated carbocycles. The number of hydrogen-bond acceptors (Lipinski definition) is 6. The molecule has 0 aliphatic rings. The third-order valence-corrected chi connectivity index (χ3v) is 4.80. The number of aliphatic hydroxyl groups excluding tert-OH is 1. The molecule has 1 amide bonds. The largest absolute Gasteiger partial charge is 0.496 e. The number of amides is 1. The molecule has 0 bridgehead atoms. The fourth-order valence-electron chi connectivity index (χ4n) is 3.25. The molecule has 0 radical (unpaired) electrons. The number of methoxy groups -OCH3 is 1. The highest BCUT2D eigenvalue weighted by atomic mass is 16.5. The number of aliphatic carboxylic acids is 1. The Kier molecular flexibility index (Phi) is 8.99. The summed E-state index contributed by atoms with van der Waals surface area (Å²) in [6.07, 6.45) is -1.08. The number of carbonyl (C=O) groups excluding carboxylic acids is 1. The first-order valence-electron chi connectivity index (χ1n) is 10.1. The van der Waals surface area contributed by atoms with Gasteiger partial charge in [-0.3, -0.25) is 14.9 Å². The minimum absolute atomic E-state index is 0.150. The lowest BCUT2D eigenvalue weighted by Gasteiger charge is -2.26. The molecule has 2 aromatic rings. The van der Waals surface area contributed by atoms with Crippen molar-refractivity contribution in [2.75, 3.05) is 12.4 Å². The third-order valence-electron chi connectivity index (χ3n) is 4.80. The zero-order chi connectivity index (χ0) is 23.0. The molecule has 0 spiro atoms. The number of hydrogen-bond donors (Lipinski definition) is 5. The van der Waals surface area contributed by atoms with Crippen LogP contribution in [-0.2, 0) is 11.2 Å². The highest BCUT2D eigenvalue weighted by Crippen LogP contribution is 2.20. The van der Waals surface area contributed by atoms with E-state index in [-0.39, 0.29) is 18.2 Å². The maximum Gasteiger partial charge on any atom is 0.321 e. The molecular weight excluding hydrogens is 400 g/mol. The summed E-state index contributed by atoms with van der Waals surface area (Å²) in [5.74, 6) is -0.763. The average molecular weight is 431 g/mol. The molecule has 31 heavy (non-hydrogen) atoms. The van der Waals surface area contributed by atoms with E-state index in [2.05, 4.69) is 10.6 Å². The van der Waals surface area contributed by atoms with E-state index >= 15 is 0 Å². The number of aliphatic hydroxyl groups is 2. The maximum atomic E-state index is 12.5. The minimum Gasteiger partial charge on any atom is -0.496 e. The number of nitrogens with one attached hydrogen (secondary N) is 2. The van der Waals surface area contributed by atoms with Crippen LogP contribution >= 0.6 is 0 Å². The monoisotopic (exact) mass is 430 g/mol. The first-order valence-corrected chi connectivity index (χ1v) is 10.1. The normalized spacial score (nSPS) is 13.1. The Morgan fingerprint density at radius 2 is 1.68 bits per heavy atom. The summed E-state index contributed by atoms with van der Waals surface area (Å²) in [7, 11) is 1.50. The Morgan fingerprint density at radius 1 is 1.03 bits per heavy atom. The van der Waals surface area contributed by atoms with Crippen LogP contribution in [0.15, 0.2) is 48.5 Å². The molecule has 168 valence electrons. The van der Waals surface area contributed by atoms with Gasteiger partial charge in [0.1, 0.15) is 11.8 Å². The second-order valence-electron chi connectivity index (χ2n) is 7.76. The lowest BCUT2D eigenvalue weighted by atomic mass is 10.00. The standard InChI is InChI=1S/C23H30N2O6/c1-14(2)12-18(22(27)28)25-19(23(29)30)13-15-8-10-16(11-9-15)24-21(26)17-6-4-5-7-20(17)31-3/h4-11,14,18-19,22,25,27-28H,12-13H2,1-3H3,(H,24,26)(H,29,30)/t18-,19-/m0/s1. The summed E-state index contributed by atoms with van der Waals surface area (Å²) < 4.78 is 5.20. The summed E-state index contributed by atoms with van der Waals surface area (Å²) in [5.41, 5.74) is 1.69. The van der Waals surface area contributed by atoms with Gasteiger partial charge in [0.05, 0.1) is 18.7 Å². The molecule has 0 saturated heterocycles. The zero-order valence-electron chi connectivity index (χ0n) is 17.9. The van der Waals surface area contributed by atoms with E-state index < -0.39 is 24.3 Å². The Labute approximate surface area is 181 Å². The highest BCUT2D eigenvalue weighted by Gasteiger charge is 2.26. The molecule has 0 aliphatic carbocycles. The van der Waals surface area contributed by atoms with Gasteiger partial charge in [-0.25, -0.2) is 0 Å². The van der Waals surface area contributed by atoms with Crippen LogP contribution in [0.4, 0.5) is 5.69 Å². The zero-order valence-corrected chi connectivity index (χ0v) is 17.9. The Bertz CT molecular complexity index is 867. The van der Waals surface area contributed by atoms with E-state index in [1.54, 1.807) is 48.5 Å². The predicted octanol–water partition coefficient (Wildman–Crippen LogP) is 2.26. The van der Waals surface area contributed by atoms with Crippen molar-refractivity contribution >= 4 is 17.6 Å². The van der Waals surface area contributed by atoms with E-state index in [1.807, 2.05) is 13.8 Å². The number of ether oxygens (including phenoxy) is 1. The molecule has 2 rings (SSSR count).